The summed E-state index contributed by atoms with van der Waals surface area (Å²) < 4.78 is 0. The Morgan fingerprint density at radius 2 is 2.20 bits per heavy atom. The third kappa shape index (κ3) is 4.42. The van der Waals surface area contributed by atoms with Crippen molar-refractivity contribution in [3.63, 3.8) is 0 Å². The Hall–Kier alpha value is -1.21. The summed E-state index contributed by atoms with van der Waals surface area (Å²) >= 11 is 3.01. The highest BCUT2D eigenvalue weighted by atomic mass is 32.2. The number of aromatic nitrogens is 2. The van der Waals surface area contributed by atoms with Crippen LogP contribution in [0.1, 0.15) is 12.8 Å². The molecule has 0 saturated carbocycles. The molecule has 20 heavy (non-hydrogen) atoms. The van der Waals surface area contributed by atoms with Gasteiger partial charge in [0.1, 0.15) is 10.8 Å². The van der Waals surface area contributed by atoms with Crippen LogP contribution in [0.3, 0.4) is 0 Å². The van der Waals surface area contributed by atoms with E-state index in [0.29, 0.717) is 16.7 Å². The predicted molar refractivity (Wildman–Crippen MR) is 83.9 cm³/mol. The van der Waals surface area contributed by atoms with Gasteiger partial charge in [0.15, 0.2) is 5.16 Å². The molecule has 1 aromatic rings. The zero-order chi connectivity index (χ0) is 14.4. The number of nitrogens with two attached hydrogens (primary N) is 1. The molecule has 1 aliphatic heterocycles. The van der Waals surface area contributed by atoms with E-state index in [1.165, 1.54) is 23.5 Å². The molecule has 2 rings (SSSR count). The van der Waals surface area contributed by atoms with E-state index in [1.54, 1.807) is 12.1 Å². The zero-order valence-corrected chi connectivity index (χ0v) is 13.0. The van der Waals surface area contributed by atoms with Crippen molar-refractivity contribution >= 4 is 35.2 Å². The molecule has 0 unspecified atom stereocenters. The molecule has 108 valence electrons. The van der Waals surface area contributed by atoms with E-state index in [2.05, 4.69) is 9.97 Å². The van der Waals surface area contributed by atoms with E-state index in [9.17, 15) is 4.79 Å². The van der Waals surface area contributed by atoms with Gasteiger partial charge in [0.25, 0.3) is 0 Å². The van der Waals surface area contributed by atoms with Crippen LogP contribution in [-0.2, 0) is 4.79 Å². The van der Waals surface area contributed by atoms with Gasteiger partial charge in [0.2, 0.25) is 5.91 Å². The third-order valence-electron chi connectivity index (χ3n) is 2.90. The molecule has 0 bridgehead atoms. The first-order valence-electron chi connectivity index (χ1n) is 6.46. The number of anilines is 1. The summed E-state index contributed by atoms with van der Waals surface area (Å²) in [5.74, 6) is 1.24. The van der Waals surface area contributed by atoms with Crippen LogP contribution in [0.4, 0.5) is 5.82 Å². The monoisotopic (exact) mass is 310 g/mol. The number of amides is 1. The molecule has 1 amide bonds. The highest BCUT2D eigenvalue weighted by Crippen LogP contribution is 2.20. The van der Waals surface area contributed by atoms with Crippen molar-refractivity contribution in [1.82, 2.24) is 14.9 Å². The van der Waals surface area contributed by atoms with Crippen molar-refractivity contribution in [2.45, 2.75) is 23.0 Å². The number of likely N-dealkylation sites (tertiary alicyclic amines) is 1. The van der Waals surface area contributed by atoms with Crippen LogP contribution in [-0.4, -0.2) is 45.9 Å². The molecule has 1 aliphatic rings. The fourth-order valence-electron chi connectivity index (χ4n) is 1.90. The standard InChI is InChI=1S/C13H18N4OS2/c1-19-11-9-10(14)15-13(16-11)20-8-4-5-12(18)17-6-2-3-7-17/h4-5,9H,2-3,6-8H2,1H3,(H2,14,15,16). The first-order valence-corrected chi connectivity index (χ1v) is 8.67. The minimum atomic E-state index is 0.0985. The fraction of sp³-hybridized carbons (Fsp3) is 0.462. The highest BCUT2D eigenvalue weighted by molar-refractivity contribution is 7.99. The maximum Gasteiger partial charge on any atom is 0.246 e. The first-order chi connectivity index (χ1) is 9.69. The van der Waals surface area contributed by atoms with Gasteiger partial charge in [0.05, 0.1) is 0 Å². The Morgan fingerprint density at radius 1 is 1.45 bits per heavy atom. The highest BCUT2D eigenvalue weighted by Gasteiger charge is 2.14. The average molecular weight is 310 g/mol. The molecule has 0 aromatic carbocycles. The Labute approximate surface area is 127 Å². The number of carbonyl (C=O) groups is 1. The van der Waals surface area contributed by atoms with Gasteiger partial charge in [-0.25, -0.2) is 9.97 Å². The fourth-order valence-corrected chi connectivity index (χ4v) is 3.05. The Morgan fingerprint density at radius 3 is 2.90 bits per heavy atom. The van der Waals surface area contributed by atoms with Gasteiger partial charge >= 0.3 is 0 Å². The lowest BCUT2D eigenvalue weighted by atomic mass is 10.4. The first kappa shape index (κ1) is 15.2. The average Bonchev–Trinajstić information content (AvgIpc) is 2.97. The molecular formula is C13H18N4OS2. The number of thioether (sulfide) groups is 2. The van der Waals surface area contributed by atoms with Crippen molar-refractivity contribution in [2.24, 2.45) is 0 Å². The molecule has 1 saturated heterocycles. The van der Waals surface area contributed by atoms with E-state index in [4.69, 9.17) is 5.73 Å². The van der Waals surface area contributed by atoms with E-state index in [-0.39, 0.29) is 5.91 Å². The summed E-state index contributed by atoms with van der Waals surface area (Å²) in [5, 5.41) is 1.50. The van der Waals surface area contributed by atoms with Gasteiger partial charge in [-0.3, -0.25) is 4.79 Å². The minimum absolute atomic E-state index is 0.0985. The van der Waals surface area contributed by atoms with E-state index < -0.39 is 0 Å². The predicted octanol–water partition coefficient (Wildman–Crippen LogP) is 2.05. The molecule has 5 nitrogen and oxygen atoms in total. The molecular weight excluding hydrogens is 292 g/mol. The maximum atomic E-state index is 11.8. The molecule has 2 N–H and O–H groups in total. The third-order valence-corrected chi connectivity index (χ3v) is 4.33. The number of hydrogen-bond acceptors (Lipinski definition) is 6. The molecule has 1 aromatic heterocycles. The Kier molecular flexibility index (Phi) is 5.72. The van der Waals surface area contributed by atoms with Crippen LogP contribution < -0.4 is 5.73 Å². The van der Waals surface area contributed by atoms with Crippen LogP contribution in [0, 0.1) is 0 Å². The van der Waals surface area contributed by atoms with Gasteiger partial charge < -0.3 is 10.6 Å². The largest absolute Gasteiger partial charge is 0.384 e. The summed E-state index contributed by atoms with van der Waals surface area (Å²) in [5.41, 5.74) is 5.71. The number of nitrogens with zero attached hydrogens (tertiary/aromatic N) is 3. The summed E-state index contributed by atoms with van der Waals surface area (Å²) in [4.78, 5) is 22.2. The summed E-state index contributed by atoms with van der Waals surface area (Å²) in [6.45, 7) is 1.76. The van der Waals surface area contributed by atoms with Crippen molar-refractivity contribution < 1.29 is 4.79 Å². The smallest absolute Gasteiger partial charge is 0.246 e. The Balaban J connectivity index is 1.83. The summed E-state index contributed by atoms with van der Waals surface area (Å²) in [7, 11) is 0. The van der Waals surface area contributed by atoms with Crippen LogP contribution in [0.25, 0.3) is 0 Å². The van der Waals surface area contributed by atoms with Gasteiger partial charge in [-0.1, -0.05) is 17.8 Å². The lowest BCUT2D eigenvalue weighted by Crippen LogP contribution is -2.25. The van der Waals surface area contributed by atoms with Crippen LogP contribution >= 0.6 is 23.5 Å². The van der Waals surface area contributed by atoms with E-state index in [1.807, 2.05) is 17.2 Å². The molecule has 0 atom stereocenters. The van der Waals surface area contributed by atoms with Gasteiger partial charge in [-0.15, -0.1) is 11.8 Å². The van der Waals surface area contributed by atoms with E-state index in [0.717, 1.165) is 31.0 Å². The maximum absolute atomic E-state index is 11.8. The lowest BCUT2D eigenvalue weighted by molar-refractivity contribution is -0.125. The molecule has 2 heterocycles. The van der Waals surface area contributed by atoms with Crippen LogP contribution in [0.2, 0.25) is 0 Å². The number of nitrogen functional groups attached to an aromatic ring is 1. The number of carbonyl (C=O) groups excluding carboxylic acids is 1. The second-order valence-electron chi connectivity index (χ2n) is 4.36. The van der Waals surface area contributed by atoms with Crippen LogP contribution in [0.15, 0.2) is 28.4 Å². The zero-order valence-electron chi connectivity index (χ0n) is 11.4. The SMILES string of the molecule is CSc1cc(N)nc(SCC=CC(=O)N2CCCC2)n1. The van der Waals surface area contributed by atoms with Crippen molar-refractivity contribution in [3.8, 4) is 0 Å². The van der Waals surface area contributed by atoms with Crippen LogP contribution in [0.5, 0.6) is 0 Å². The summed E-state index contributed by atoms with van der Waals surface area (Å²) in [6.07, 6.45) is 7.67. The number of rotatable bonds is 5. The van der Waals surface area contributed by atoms with Gasteiger partial charge in [-0.05, 0) is 25.2 Å². The summed E-state index contributed by atoms with van der Waals surface area (Å²) in [6, 6.07) is 1.75. The second kappa shape index (κ2) is 7.54. The van der Waals surface area contributed by atoms with Crippen molar-refractivity contribution in [2.75, 3.05) is 30.8 Å². The second-order valence-corrected chi connectivity index (χ2v) is 6.18. The van der Waals surface area contributed by atoms with E-state index >= 15 is 0 Å². The molecule has 0 spiro atoms. The van der Waals surface area contributed by atoms with Crippen molar-refractivity contribution in [1.29, 1.82) is 0 Å². The molecule has 7 heteroatoms. The molecule has 0 aliphatic carbocycles. The normalized spacial score (nSPS) is 15.2. The topological polar surface area (TPSA) is 72.1 Å². The van der Waals surface area contributed by atoms with Gasteiger partial charge in [-0.2, -0.15) is 0 Å². The van der Waals surface area contributed by atoms with Crippen molar-refractivity contribution in [3.05, 3.63) is 18.2 Å². The minimum Gasteiger partial charge on any atom is -0.384 e. The Bertz CT molecular complexity index is 501. The lowest BCUT2D eigenvalue weighted by Gasteiger charge is -2.11. The molecule has 0 radical (unpaired) electrons. The van der Waals surface area contributed by atoms with Gasteiger partial charge in [0, 0.05) is 24.9 Å². The number of hydrogen-bond donors (Lipinski definition) is 1. The quantitative estimate of drug-likeness (QED) is 0.388. The molecule has 1 fully saturated rings.